The van der Waals surface area contributed by atoms with Crippen molar-refractivity contribution < 1.29 is 9.32 Å². The molecule has 0 aliphatic rings. The van der Waals surface area contributed by atoms with Crippen LogP contribution in [0.4, 0.5) is 5.82 Å². The van der Waals surface area contributed by atoms with Crippen LogP contribution in [-0.4, -0.2) is 25.9 Å². The molecule has 31 heavy (non-hydrogen) atoms. The van der Waals surface area contributed by atoms with E-state index in [4.69, 9.17) is 21.1 Å². The Balaban J connectivity index is 1.76. The number of hydrogen-bond donors (Lipinski definition) is 1. The number of anilines is 1. The summed E-state index contributed by atoms with van der Waals surface area (Å²) in [5.41, 5.74) is 1.38. The van der Waals surface area contributed by atoms with Crippen molar-refractivity contribution in [2.45, 2.75) is 38.1 Å². The van der Waals surface area contributed by atoms with E-state index in [-0.39, 0.29) is 11.5 Å². The number of thiophene rings is 1. The van der Waals surface area contributed by atoms with Crippen molar-refractivity contribution in [1.82, 2.24) is 14.7 Å². The highest BCUT2D eigenvalue weighted by Crippen LogP contribution is 2.31. The van der Waals surface area contributed by atoms with Crippen molar-refractivity contribution in [3.8, 4) is 5.69 Å². The first-order valence-electron chi connectivity index (χ1n) is 9.44. The maximum absolute atomic E-state index is 13.5. The van der Waals surface area contributed by atoms with Crippen LogP contribution in [0.2, 0.25) is 5.02 Å². The zero-order valence-corrected chi connectivity index (χ0v) is 19.6. The van der Waals surface area contributed by atoms with Gasteiger partial charge < -0.3 is 9.84 Å². The van der Waals surface area contributed by atoms with Gasteiger partial charge in [-0.05, 0) is 57.5 Å². The molecular weight excluding hydrogens is 456 g/mol. The lowest BCUT2D eigenvalue weighted by Crippen LogP contribution is -2.26. The molecule has 0 aliphatic carbocycles. The Morgan fingerprint density at radius 1 is 1.26 bits per heavy atom. The number of hydrogen-bond acceptors (Lipinski definition) is 7. The molecule has 0 fully saturated rings. The van der Waals surface area contributed by atoms with Crippen LogP contribution in [0.5, 0.6) is 0 Å². The molecular formula is C21H19ClN4O3S2. The lowest BCUT2D eigenvalue weighted by Gasteiger charge is -2.15. The zero-order chi connectivity index (χ0) is 22.3. The topological polar surface area (TPSA) is 90.0 Å². The standard InChI is InChI=1S/C21H19ClN4O3S2/c1-10-9-16(25-29-10)23-18(27)13(4)31-21-24-19-17(11(2)12(3)30-19)20(28)26(21)15-7-5-14(22)6-8-15/h5-9,13H,1-4H3,(H,23,25,27). The number of rotatable bonds is 5. The molecule has 7 nitrogen and oxygen atoms in total. The van der Waals surface area contributed by atoms with Crippen molar-refractivity contribution in [2.75, 3.05) is 5.32 Å². The minimum atomic E-state index is -0.540. The maximum atomic E-state index is 13.5. The van der Waals surface area contributed by atoms with Gasteiger partial charge in [-0.1, -0.05) is 28.5 Å². The molecule has 3 aromatic heterocycles. The van der Waals surface area contributed by atoms with Crippen LogP contribution >= 0.6 is 34.7 Å². The highest BCUT2D eigenvalue weighted by Gasteiger charge is 2.23. The summed E-state index contributed by atoms with van der Waals surface area (Å²) in [6, 6.07) is 8.60. The maximum Gasteiger partial charge on any atom is 0.267 e. The molecule has 4 aromatic rings. The highest BCUT2D eigenvalue weighted by molar-refractivity contribution is 8.00. The van der Waals surface area contributed by atoms with Gasteiger partial charge in [-0.25, -0.2) is 4.98 Å². The summed E-state index contributed by atoms with van der Waals surface area (Å²) >= 11 is 8.71. The van der Waals surface area contributed by atoms with E-state index in [0.29, 0.717) is 37.7 Å². The lowest BCUT2D eigenvalue weighted by molar-refractivity contribution is -0.115. The third-order valence-corrected chi connectivity index (χ3v) is 7.19. The molecule has 3 heterocycles. The zero-order valence-electron chi connectivity index (χ0n) is 17.2. The second-order valence-corrected chi connectivity index (χ2v) is 9.99. The smallest absolute Gasteiger partial charge is 0.267 e. The van der Waals surface area contributed by atoms with Crippen molar-refractivity contribution >= 4 is 56.6 Å². The number of benzene rings is 1. The second kappa shape index (κ2) is 8.49. The summed E-state index contributed by atoms with van der Waals surface area (Å²) in [7, 11) is 0. The Labute approximate surface area is 191 Å². The molecule has 1 N–H and O–H groups in total. The van der Waals surface area contributed by atoms with Crippen molar-refractivity contribution in [2.24, 2.45) is 0 Å². The third-order valence-electron chi connectivity index (χ3n) is 4.79. The number of thioether (sulfide) groups is 1. The van der Waals surface area contributed by atoms with Gasteiger partial charge in [-0.15, -0.1) is 11.3 Å². The predicted octanol–water partition coefficient (Wildman–Crippen LogP) is 5.13. The molecule has 1 amide bonds. The van der Waals surface area contributed by atoms with Crippen molar-refractivity contribution in [1.29, 1.82) is 0 Å². The van der Waals surface area contributed by atoms with Gasteiger partial charge in [0, 0.05) is 16.0 Å². The number of nitrogens with one attached hydrogen (secondary N) is 1. The Bertz CT molecular complexity index is 1340. The highest BCUT2D eigenvalue weighted by atomic mass is 35.5. The van der Waals surface area contributed by atoms with Gasteiger partial charge in [0.1, 0.15) is 10.6 Å². The number of amides is 1. The number of carbonyl (C=O) groups excluding carboxylic acids is 1. The monoisotopic (exact) mass is 474 g/mol. The third kappa shape index (κ3) is 4.26. The van der Waals surface area contributed by atoms with E-state index in [1.54, 1.807) is 44.2 Å². The molecule has 0 saturated carbocycles. The van der Waals surface area contributed by atoms with Crippen LogP contribution in [0.15, 0.2) is 44.8 Å². The summed E-state index contributed by atoms with van der Waals surface area (Å²) in [4.78, 5) is 32.6. The van der Waals surface area contributed by atoms with Crippen LogP contribution in [-0.2, 0) is 4.79 Å². The van der Waals surface area contributed by atoms with E-state index in [1.165, 1.54) is 27.7 Å². The number of halogens is 1. The SMILES string of the molecule is Cc1cc(NC(=O)C(C)Sc2nc3sc(C)c(C)c3c(=O)n2-c2ccc(Cl)cc2)no1. The van der Waals surface area contributed by atoms with Crippen molar-refractivity contribution in [3.05, 3.63) is 61.9 Å². The Hall–Kier alpha value is -2.62. The quantitative estimate of drug-likeness (QED) is 0.318. The minimum Gasteiger partial charge on any atom is -0.360 e. The molecule has 1 atom stereocenters. The van der Waals surface area contributed by atoms with Crippen LogP contribution in [0, 0.1) is 20.8 Å². The van der Waals surface area contributed by atoms with Gasteiger partial charge in [0.25, 0.3) is 5.56 Å². The number of fused-ring (bicyclic) bond motifs is 1. The fourth-order valence-corrected chi connectivity index (χ4v) is 5.16. The summed E-state index contributed by atoms with van der Waals surface area (Å²) in [6.07, 6.45) is 0. The molecule has 4 rings (SSSR count). The van der Waals surface area contributed by atoms with Gasteiger partial charge in [0.05, 0.1) is 16.3 Å². The number of carbonyl (C=O) groups is 1. The van der Waals surface area contributed by atoms with Gasteiger partial charge in [-0.3, -0.25) is 14.2 Å². The molecule has 0 saturated heterocycles. The first-order chi connectivity index (χ1) is 14.7. The molecule has 10 heteroatoms. The number of nitrogens with zero attached hydrogens (tertiary/aromatic N) is 3. The van der Waals surface area contributed by atoms with E-state index >= 15 is 0 Å². The largest absolute Gasteiger partial charge is 0.360 e. The van der Waals surface area contributed by atoms with Gasteiger partial charge in [0.2, 0.25) is 5.91 Å². The average molecular weight is 475 g/mol. The molecule has 0 aliphatic heterocycles. The molecule has 160 valence electrons. The van der Waals surface area contributed by atoms with E-state index < -0.39 is 5.25 Å². The van der Waals surface area contributed by atoms with E-state index in [2.05, 4.69) is 10.5 Å². The molecule has 0 bridgehead atoms. The van der Waals surface area contributed by atoms with Crippen LogP contribution in [0.25, 0.3) is 15.9 Å². The van der Waals surface area contributed by atoms with Crippen LogP contribution < -0.4 is 10.9 Å². The summed E-state index contributed by atoms with van der Waals surface area (Å²) in [5.74, 6) is 0.675. The Morgan fingerprint density at radius 3 is 2.61 bits per heavy atom. The first-order valence-corrected chi connectivity index (χ1v) is 11.5. The molecule has 0 spiro atoms. The average Bonchev–Trinajstić information content (AvgIpc) is 3.25. The van der Waals surface area contributed by atoms with Gasteiger partial charge >= 0.3 is 0 Å². The fourth-order valence-electron chi connectivity index (χ4n) is 3.04. The van der Waals surface area contributed by atoms with Gasteiger partial charge in [-0.2, -0.15) is 0 Å². The molecule has 0 radical (unpaired) electrons. The van der Waals surface area contributed by atoms with E-state index in [0.717, 1.165) is 10.4 Å². The molecule has 1 aromatic carbocycles. The van der Waals surface area contributed by atoms with Crippen LogP contribution in [0.1, 0.15) is 23.1 Å². The number of aryl methyl sites for hydroxylation is 3. The summed E-state index contributed by atoms with van der Waals surface area (Å²) < 4.78 is 6.52. The van der Waals surface area contributed by atoms with E-state index in [1.807, 2.05) is 13.8 Å². The Kier molecular flexibility index (Phi) is 5.92. The minimum absolute atomic E-state index is 0.170. The predicted molar refractivity (Wildman–Crippen MR) is 125 cm³/mol. The second-order valence-electron chi connectivity index (χ2n) is 7.05. The first kappa shape index (κ1) is 21.6. The van der Waals surface area contributed by atoms with E-state index in [9.17, 15) is 9.59 Å². The summed E-state index contributed by atoms with van der Waals surface area (Å²) in [6.45, 7) is 7.39. The fraction of sp³-hybridized carbons (Fsp3) is 0.238. The molecule has 1 unspecified atom stereocenters. The normalized spacial score (nSPS) is 12.3. The number of aromatic nitrogens is 3. The summed E-state index contributed by atoms with van der Waals surface area (Å²) in [5, 5.41) is 7.56. The van der Waals surface area contributed by atoms with Crippen molar-refractivity contribution in [3.63, 3.8) is 0 Å². The lowest BCUT2D eigenvalue weighted by atomic mass is 10.2. The Morgan fingerprint density at radius 2 is 1.97 bits per heavy atom. The van der Waals surface area contributed by atoms with Crippen LogP contribution in [0.3, 0.4) is 0 Å². The van der Waals surface area contributed by atoms with Gasteiger partial charge in [0.15, 0.2) is 11.0 Å².